The van der Waals surface area contributed by atoms with E-state index in [2.05, 4.69) is 15.6 Å². The number of benzene rings is 1. The minimum Gasteiger partial charge on any atom is -0.459 e. The number of aromatic nitrogens is 1. The number of nitrogens with zero attached hydrogens (tertiary/aromatic N) is 1. The van der Waals surface area contributed by atoms with Crippen LogP contribution in [0.3, 0.4) is 0 Å². The zero-order chi connectivity index (χ0) is 23.1. The molecule has 1 aliphatic heterocycles. The number of amides is 2. The van der Waals surface area contributed by atoms with Crippen LogP contribution < -0.4 is 10.6 Å². The van der Waals surface area contributed by atoms with Crippen molar-refractivity contribution >= 4 is 23.8 Å². The van der Waals surface area contributed by atoms with Crippen molar-refractivity contribution < 1.29 is 28.7 Å². The first-order valence-electron chi connectivity index (χ1n) is 10.4. The molecule has 2 amide bonds. The topological polar surface area (TPSA) is 124 Å². The highest BCUT2D eigenvalue weighted by molar-refractivity contribution is 6.00. The van der Waals surface area contributed by atoms with Crippen LogP contribution in [0.2, 0.25) is 0 Å². The van der Waals surface area contributed by atoms with Gasteiger partial charge in [0.2, 0.25) is 0 Å². The molecule has 9 nitrogen and oxygen atoms in total. The highest BCUT2D eigenvalue weighted by Gasteiger charge is 2.21. The number of hydrogen-bond acceptors (Lipinski definition) is 7. The second-order valence-electron chi connectivity index (χ2n) is 7.34. The van der Waals surface area contributed by atoms with E-state index in [-0.39, 0.29) is 36.4 Å². The van der Waals surface area contributed by atoms with Gasteiger partial charge >= 0.3 is 11.9 Å². The van der Waals surface area contributed by atoms with Crippen LogP contribution in [0.4, 0.5) is 0 Å². The van der Waals surface area contributed by atoms with Gasteiger partial charge in [-0.3, -0.25) is 9.59 Å². The molecule has 3 rings (SSSR count). The summed E-state index contributed by atoms with van der Waals surface area (Å²) in [5.41, 5.74) is 0.513. The van der Waals surface area contributed by atoms with Crippen LogP contribution in [0.1, 0.15) is 68.4 Å². The number of ether oxygens (including phenoxy) is 2. The van der Waals surface area contributed by atoms with Crippen LogP contribution in [0, 0.1) is 0 Å². The number of esters is 2. The Morgan fingerprint density at radius 3 is 1.66 bits per heavy atom. The normalized spacial score (nSPS) is 20.2. The third kappa shape index (κ3) is 5.69. The van der Waals surface area contributed by atoms with Crippen molar-refractivity contribution in [3.63, 3.8) is 0 Å². The number of fused-ring (bicyclic) bond motifs is 4. The fourth-order valence-corrected chi connectivity index (χ4v) is 3.02. The van der Waals surface area contributed by atoms with E-state index < -0.39 is 24.0 Å². The molecule has 168 valence electrons. The zero-order valence-corrected chi connectivity index (χ0v) is 17.9. The Balaban J connectivity index is 1.90. The molecule has 9 heteroatoms. The molecule has 2 N–H and O–H groups in total. The average Bonchev–Trinajstić information content (AvgIpc) is 2.83. The predicted molar refractivity (Wildman–Crippen MR) is 114 cm³/mol. The molecule has 0 fully saturated rings. The second kappa shape index (κ2) is 10.5. The number of carbonyl (C=O) groups excluding carboxylic acids is 4. The third-order valence-corrected chi connectivity index (χ3v) is 5.04. The van der Waals surface area contributed by atoms with E-state index in [1.807, 2.05) is 13.8 Å². The molecule has 4 bridgehead atoms. The molecule has 0 radical (unpaired) electrons. The van der Waals surface area contributed by atoms with Gasteiger partial charge in [-0.1, -0.05) is 26.0 Å². The standard InChI is InChI=1S/C23H25N3O6/c1-3-16-12-31-22(29)18-9-6-10-19(26-18)23(30)32-13-17(4-2)25-21(28)15-8-5-7-14(11-15)20(27)24-16/h5-11,16-17H,3-4,12-13H2,1-2H3,(H,24,27)(H,25,28)/t16-,17-/m1/s1. The molecule has 0 spiro atoms. The van der Waals surface area contributed by atoms with Gasteiger partial charge in [0.15, 0.2) is 0 Å². The molecule has 2 aromatic rings. The highest BCUT2D eigenvalue weighted by atomic mass is 16.5. The summed E-state index contributed by atoms with van der Waals surface area (Å²) in [4.78, 5) is 54.2. The predicted octanol–water partition coefficient (Wildman–Crippen LogP) is 2.13. The molecule has 2 atom stereocenters. The Kier molecular flexibility index (Phi) is 7.54. The van der Waals surface area contributed by atoms with Crippen LogP contribution in [-0.4, -0.2) is 54.0 Å². The van der Waals surface area contributed by atoms with E-state index >= 15 is 0 Å². The first-order chi connectivity index (χ1) is 15.4. The molecule has 1 aromatic heterocycles. The van der Waals surface area contributed by atoms with Crippen LogP contribution >= 0.6 is 0 Å². The van der Waals surface area contributed by atoms with Gasteiger partial charge in [0, 0.05) is 11.1 Å². The van der Waals surface area contributed by atoms with E-state index in [0.29, 0.717) is 24.0 Å². The van der Waals surface area contributed by atoms with E-state index in [9.17, 15) is 19.2 Å². The number of cyclic esters (lactones) is 2. The Labute approximate surface area is 185 Å². The average molecular weight is 439 g/mol. The lowest BCUT2D eigenvalue weighted by molar-refractivity contribution is 0.0436. The van der Waals surface area contributed by atoms with Gasteiger partial charge in [-0.15, -0.1) is 0 Å². The minimum absolute atomic E-state index is 0.0465. The van der Waals surface area contributed by atoms with Crippen molar-refractivity contribution in [2.24, 2.45) is 0 Å². The number of pyridine rings is 1. The lowest BCUT2D eigenvalue weighted by atomic mass is 10.1. The number of hydrogen-bond donors (Lipinski definition) is 2. The Morgan fingerprint density at radius 1 is 0.781 bits per heavy atom. The van der Waals surface area contributed by atoms with Gasteiger partial charge in [-0.2, -0.15) is 0 Å². The molecular formula is C23H25N3O6. The maximum atomic E-state index is 12.7. The van der Waals surface area contributed by atoms with Crippen molar-refractivity contribution in [3.8, 4) is 0 Å². The summed E-state index contributed by atoms with van der Waals surface area (Å²) < 4.78 is 10.6. The Morgan fingerprint density at radius 2 is 1.22 bits per heavy atom. The van der Waals surface area contributed by atoms with Crippen LogP contribution in [0.15, 0.2) is 42.5 Å². The van der Waals surface area contributed by atoms with Gasteiger partial charge in [0.05, 0.1) is 12.1 Å². The van der Waals surface area contributed by atoms with Crippen molar-refractivity contribution in [2.45, 2.75) is 38.8 Å². The summed E-state index contributed by atoms with van der Waals surface area (Å²) in [6.45, 7) is 3.54. The van der Waals surface area contributed by atoms with Gasteiger partial charge in [-0.05, 0) is 43.2 Å². The molecule has 32 heavy (non-hydrogen) atoms. The highest BCUT2D eigenvalue weighted by Crippen LogP contribution is 2.10. The van der Waals surface area contributed by atoms with Gasteiger partial charge in [0.25, 0.3) is 11.8 Å². The summed E-state index contributed by atoms with van der Waals surface area (Å²) in [5.74, 6) is -2.20. The van der Waals surface area contributed by atoms with Gasteiger partial charge in [-0.25, -0.2) is 14.6 Å². The van der Waals surface area contributed by atoms with Gasteiger partial charge < -0.3 is 20.1 Å². The molecule has 0 unspecified atom stereocenters. The molecule has 2 heterocycles. The fraction of sp³-hybridized carbons (Fsp3) is 0.348. The summed E-state index contributed by atoms with van der Waals surface area (Å²) in [6, 6.07) is 9.76. The zero-order valence-electron chi connectivity index (χ0n) is 17.9. The fourth-order valence-electron chi connectivity index (χ4n) is 3.02. The molecule has 1 aliphatic rings. The van der Waals surface area contributed by atoms with Crippen molar-refractivity contribution in [2.75, 3.05) is 13.2 Å². The lowest BCUT2D eigenvalue weighted by Gasteiger charge is -2.19. The quantitative estimate of drug-likeness (QED) is 0.687. The van der Waals surface area contributed by atoms with Crippen molar-refractivity contribution in [1.29, 1.82) is 0 Å². The SMILES string of the molecule is CC[C@@H]1COC(=O)c2cccc(n2)C(=O)OC[C@@H](CC)NC(=O)c2cccc(c2)C(=O)N1. The molecule has 0 saturated heterocycles. The van der Waals surface area contributed by atoms with Crippen molar-refractivity contribution in [3.05, 3.63) is 65.0 Å². The van der Waals surface area contributed by atoms with Crippen LogP contribution in [0.5, 0.6) is 0 Å². The van der Waals surface area contributed by atoms with Gasteiger partial charge in [0.1, 0.15) is 24.6 Å². The van der Waals surface area contributed by atoms with E-state index in [4.69, 9.17) is 9.47 Å². The van der Waals surface area contributed by atoms with Crippen molar-refractivity contribution in [1.82, 2.24) is 15.6 Å². The monoisotopic (exact) mass is 439 g/mol. The molecule has 0 saturated carbocycles. The Bertz CT molecular complexity index is 950. The number of rotatable bonds is 2. The lowest BCUT2D eigenvalue weighted by Crippen LogP contribution is -2.39. The number of carbonyl (C=O) groups is 4. The van der Waals surface area contributed by atoms with Crippen LogP contribution in [-0.2, 0) is 9.47 Å². The third-order valence-electron chi connectivity index (χ3n) is 5.04. The number of nitrogens with one attached hydrogen (secondary N) is 2. The maximum Gasteiger partial charge on any atom is 0.357 e. The Hall–Kier alpha value is -3.75. The summed E-state index contributed by atoms with van der Waals surface area (Å²) >= 11 is 0. The summed E-state index contributed by atoms with van der Waals surface area (Å²) in [7, 11) is 0. The summed E-state index contributed by atoms with van der Waals surface area (Å²) in [6.07, 6.45) is 1.02. The minimum atomic E-state index is -0.714. The second-order valence-corrected chi connectivity index (χ2v) is 7.34. The molecule has 0 aliphatic carbocycles. The maximum absolute atomic E-state index is 12.7. The molecule has 1 aromatic carbocycles. The van der Waals surface area contributed by atoms with E-state index in [1.165, 1.54) is 24.3 Å². The summed E-state index contributed by atoms with van der Waals surface area (Å²) in [5, 5.41) is 5.61. The first-order valence-corrected chi connectivity index (χ1v) is 10.4. The van der Waals surface area contributed by atoms with Crippen LogP contribution in [0.25, 0.3) is 0 Å². The molecular weight excluding hydrogens is 414 g/mol. The first kappa shape index (κ1) is 22.9. The van der Waals surface area contributed by atoms with E-state index in [0.717, 1.165) is 0 Å². The van der Waals surface area contributed by atoms with E-state index in [1.54, 1.807) is 18.2 Å². The smallest absolute Gasteiger partial charge is 0.357 e. The largest absolute Gasteiger partial charge is 0.459 e.